The van der Waals surface area contributed by atoms with E-state index in [9.17, 15) is 14.4 Å². The molecular formula is C37H51N5O7. The summed E-state index contributed by atoms with van der Waals surface area (Å²) in [5.41, 5.74) is 1.99. The molecule has 0 aliphatic carbocycles. The van der Waals surface area contributed by atoms with E-state index in [2.05, 4.69) is 15.3 Å². The summed E-state index contributed by atoms with van der Waals surface area (Å²) in [6.45, 7) is 17.5. The molecule has 1 unspecified atom stereocenters. The molecule has 49 heavy (non-hydrogen) atoms. The first-order valence-electron chi connectivity index (χ1n) is 16.7. The predicted octanol–water partition coefficient (Wildman–Crippen LogP) is 6.97. The van der Waals surface area contributed by atoms with Crippen molar-refractivity contribution in [1.29, 1.82) is 0 Å². The lowest BCUT2D eigenvalue weighted by molar-refractivity contribution is -0.146. The van der Waals surface area contributed by atoms with Gasteiger partial charge >= 0.3 is 18.2 Å². The van der Waals surface area contributed by atoms with Crippen LogP contribution < -0.4 is 15.0 Å². The fourth-order valence-corrected chi connectivity index (χ4v) is 5.25. The SMILES string of the molecule is COc1ccc(COC(=O)C(CC(C)C)Nc2nn(C(=O)OC(C)(C)C)cc2-c2ccc(N3CCN(C(=O)OC(C)(C)C)CC3)cc2)cc1. The van der Waals surface area contributed by atoms with Crippen molar-refractivity contribution in [2.45, 2.75) is 85.7 Å². The standard InChI is InChI=1S/C37H51N5O7/c1-25(2)22-31(33(43)47-24-26-10-16-29(46-9)17-11-26)38-32-30(23-42(39-32)35(45)49-37(6,7)8)27-12-14-28(15-13-27)40-18-20-41(21-19-40)34(44)48-36(3,4)5/h10-17,23,25,31H,18-22,24H2,1-9H3,(H,38,39). The Morgan fingerprint density at radius 3 is 1.98 bits per heavy atom. The van der Waals surface area contributed by atoms with E-state index in [4.69, 9.17) is 18.9 Å². The van der Waals surface area contributed by atoms with E-state index in [1.807, 2.05) is 83.1 Å². The van der Waals surface area contributed by atoms with Crippen molar-refractivity contribution in [3.63, 3.8) is 0 Å². The molecule has 266 valence electrons. The highest BCUT2D eigenvalue weighted by molar-refractivity contribution is 5.84. The van der Waals surface area contributed by atoms with Gasteiger partial charge in [0.2, 0.25) is 0 Å². The molecule has 1 aromatic heterocycles. The minimum atomic E-state index is -0.725. The molecular weight excluding hydrogens is 626 g/mol. The average molecular weight is 678 g/mol. The lowest BCUT2D eigenvalue weighted by atomic mass is 10.0. The van der Waals surface area contributed by atoms with Gasteiger partial charge in [0.25, 0.3) is 0 Å². The largest absolute Gasteiger partial charge is 0.497 e. The van der Waals surface area contributed by atoms with E-state index in [-0.39, 0.29) is 18.6 Å². The van der Waals surface area contributed by atoms with Crippen molar-refractivity contribution in [2.24, 2.45) is 5.92 Å². The van der Waals surface area contributed by atoms with Crippen molar-refractivity contribution >= 4 is 29.7 Å². The normalized spacial score (nSPS) is 14.3. The second-order valence-electron chi connectivity index (χ2n) is 14.6. The van der Waals surface area contributed by atoms with E-state index < -0.39 is 29.3 Å². The van der Waals surface area contributed by atoms with Crippen molar-refractivity contribution in [2.75, 3.05) is 43.5 Å². The summed E-state index contributed by atoms with van der Waals surface area (Å²) >= 11 is 0. The number of carbonyl (C=O) groups excluding carboxylic acids is 3. The second-order valence-corrected chi connectivity index (χ2v) is 14.6. The van der Waals surface area contributed by atoms with Gasteiger partial charge < -0.3 is 34.1 Å². The Bertz CT molecular complexity index is 1560. The molecule has 12 nitrogen and oxygen atoms in total. The van der Waals surface area contributed by atoms with Crippen molar-refractivity contribution in [3.05, 3.63) is 60.3 Å². The van der Waals surface area contributed by atoms with Gasteiger partial charge in [-0.2, -0.15) is 4.68 Å². The van der Waals surface area contributed by atoms with E-state index in [1.54, 1.807) is 39.0 Å². The highest BCUT2D eigenvalue weighted by Gasteiger charge is 2.28. The zero-order valence-corrected chi connectivity index (χ0v) is 30.2. The molecule has 1 atom stereocenters. The number of amides is 1. The summed E-state index contributed by atoms with van der Waals surface area (Å²) in [6.07, 6.45) is 1.16. The van der Waals surface area contributed by atoms with Crippen LogP contribution in [0.1, 0.15) is 67.4 Å². The molecule has 4 rings (SSSR count). The minimum Gasteiger partial charge on any atom is -0.497 e. The van der Waals surface area contributed by atoms with Gasteiger partial charge in [0.15, 0.2) is 5.82 Å². The van der Waals surface area contributed by atoms with Crippen LogP contribution in [0, 0.1) is 5.92 Å². The van der Waals surface area contributed by atoms with Crippen molar-refractivity contribution in [3.8, 4) is 16.9 Å². The smallest absolute Gasteiger partial charge is 0.435 e. The number of nitrogens with one attached hydrogen (secondary N) is 1. The zero-order valence-electron chi connectivity index (χ0n) is 30.2. The number of anilines is 2. The monoisotopic (exact) mass is 677 g/mol. The molecule has 1 aliphatic heterocycles. The topological polar surface area (TPSA) is 124 Å². The summed E-state index contributed by atoms with van der Waals surface area (Å²) in [4.78, 5) is 43.0. The fourth-order valence-electron chi connectivity index (χ4n) is 5.25. The Hall–Kier alpha value is -4.74. The molecule has 2 heterocycles. The van der Waals surface area contributed by atoms with E-state index in [1.165, 1.54) is 0 Å². The van der Waals surface area contributed by atoms with Gasteiger partial charge in [-0.25, -0.2) is 14.4 Å². The van der Waals surface area contributed by atoms with Gasteiger partial charge in [0, 0.05) is 43.6 Å². The van der Waals surface area contributed by atoms with Gasteiger partial charge in [-0.1, -0.05) is 38.1 Å². The molecule has 0 spiro atoms. The number of benzene rings is 2. The third kappa shape index (κ3) is 10.9. The molecule has 1 N–H and O–H groups in total. The molecule has 1 fully saturated rings. The second kappa shape index (κ2) is 15.7. The number of ether oxygens (including phenoxy) is 4. The maximum Gasteiger partial charge on any atom is 0.435 e. The molecule has 0 radical (unpaired) electrons. The Labute approximate surface area is 289 Å². The number of aromatic nitrogens is 2. The Morgan fingerprint density at radius 2 is 1.43 bits per heavy atom. The van der Waals surface area contributed by atoms with E-state index in [0.717, 1.165) is 27.2 Å². The number of hydrogen-bond donors (Lipinski definition) is 1. The first kappa shape index (κ1) is 37.1. The van der Waals surface area contributed by atoms with Gasteiger partial charge in [-0.3, -0.25) is 0 Å². The van der Waals surface area contributed by atoms with Crippen LogP contribution in [0.4, 0.5) is 21.1 Å². The van der Waals surface area contributed by atoms with Gasteiger partial charge in [0.05, 0.1) is 7.11 Å². The third-order valence-corrected chi connectivity index (χ3v) is 7.61. The number of piperazine rings is 1. The minimum absolute atomic E-state index is 0.103. The molecule has 1 saturated heterocycles. The van der Waals surface area contributed by atoms with Crippen LogP contribution in [-0.4, -0.2) is 83.4 Å². The predicted molar refractivity (Wildman–Crippen MR) is 189 cm³/mol. The number of carbonyl (C=O) groups is 3. The van der Waals surface area contributed by atoms with E-state index >= 15 is 0 Å². The van der Waals surface area contributed by atoms with Crippen LogP contribution in [0.25, 0.3) is 11.1 Å². The summed E-state index contributed by atoms with van der Waals surface area (Å²) in [7, 11) is 1.60. The highest BCUT2D eigenvalue weighted by Crippen LogP contribution is 2.31. The summed E-state index contributed by atoms with van der Waals surface area (Å²) in [6, 6.07) is 14.5. The Kier molecular flexibility index (Phi) is 11.8. The van der Waals surface area contributed by atoms with Crippen LogP contribution >= 0.6 is 0 Å². The van der Waals surface area contributed by atoms with Crippen LogP contribution in [0.15, 0.2) is 54.7 Å². The van der Waals surface area contributed by atoms with Crippen molar-refractivity contribution in [1.82, 2.24) is 14.7 Å². The number of methoxy groups -OCH3 is 1. The summed E-state index contributed by atoms with van der Waals surface area (Å²) in [5, 5.41) is 7.83. The maximum absolute atomic E-state index is 13.4. The van der Waals surface area contributed by atoms with Crippen LogP contribution in [0.3, 0.4) is 0 Å². The number of hydrogen-bond acceptors (Lipinski definition) is 10. The van der Waals surface area contributed by atoms with Crippen molar-refractivity contribution < 1.29 is 33.3 Å². The molecule has 2 aromatic carbocycles. The van der Waals surface area contributed by atoms with Crippen LogP contribution in [-0.2, 0) is 25.6 Å². The molecule has 0 bridgehead atoms. The Balaban J connectivity index is 1.54. The molecule has 1 amide bonds. The highest BCUT2D eigenvalue weighted by atomic mass is 16.6. The number of esters is 1. The Morgan fingerprint density at radius 1 is 0.837 bits per heavy atom. The summed E-state index contributed by atoms with van der Waals surface area (Å²) < 4.78 is 23.2. The molecule has 0 saturated carbocycles. The maximum atomic E-state index is 13.4. The lowest BCUT2D eigenvalue weighted by Crippen LogP contribution is -2.50. The number of rotatable bonds is 10. The van der Waals surface area contributed by atoms with Gasteiger partial charge in [-0.15, -0.1) is 5.10 Å². The summed E-state index contributed by atoms with van der Waals surface area (Å²) in [5.74, 6) is 0.814. The molecule has 3 aromatic rings. The number of nitrogens with zero attached hydrogens (tertiary/aromatic N) is 4. The van der Waals surface area contributed by atoms with Crippen LogP contribution in [0.2, 0.25) is 0 Å². The molecule has 1 aliphatic rings. The zero-order chi connectivity index (χ0) is 35.9. The fraction of sp³-hybridized carbons (Fsp3) is 0.514. The molecule has 12 heteroatoms. The van der Waals surface area contributed by atoms with Gasteiger partial charge in [-0.05, 0) is 89.3 Å². The lowest BCUT2D eigenvalue weighted by Gasteiger charge is -2.36. The quantitative estimate of drug-likeness (QED) is 0.178. The first-order valence-corrected chi connectivity index (χ1v) is 16.7. The average Bonchev–Trinajstić information content (AvgIpc) is 3.46. The third-order valence-electron chi connectivity index (χ3n) is 7.61. The van der Waals surface area contributed by atoms with E-state index in [0.29, 0.717) is 44.0 Å². The first-order chi connectivity index (χ1) is 23.0. The van der Waals surface area contributed by atoms with Gasteiger partial charge in [0.1, 0.15) is 29.6 Å². The van der Waals surface area contributed by atoms with Crippen LogP contribution in [0.5, 0.6) is 5.75 Å².